The zero-order valence-electron chi connectivity index (χ0n) is 16.3. The van der Waals surface area contributed by atoms with Gasteiger partial charge in [0.15, 0.2) is 11.9 Å². The molecular weight excluding hydrogens is 340 g/mol. The highest BCUT2D eigenvalue weighted by Gasteiger charge is 2.31. The van der Waals surface area contributed by atoms with Gasteiger partial charge in [0.25, 0.3) is 5.91 Å². The number of rotatable bonds is 4. The van der Waals surface area contributed by atoms with E-state index in [-0.39, 0.29) is 5.91 Å². The molecule has 1 aliphatic rings. The van der Waals surface area contributed by atoms with Crippen LogP contribution in [0.25, 0.3) is 0 Å². The Morgan fingerprint density at radius 1 is 1.04 bits per heavy atom. The fraction of sp³-hybridized carbons (Fsp3) is 0.476. The molecule has 1 amide bonds. The number of amides is 1. The zero-order chi connectivity index (χ0) is 19.3. The quantitative estimate of drug-likeness (QED) is 0.830. The second-order valence-corrected chi connectivity index (χ2v) is 7.77. The van der Waals surface area contributed by atoms with Gasteiger partial charge in [0.1, 0.15) is 0 Å². The van der Waals surface area contributed by atoms with Crippen molar-refractivity contribution in [2.24, 2.45) is 0 Å². The van der Waals surface area contributed by atoms with Crippen molar-refractivity contribution in [1.82, 2.24) is 15.1 Å². The van der Waals surface area contributed by atoms with Gasteiger partial charge in [0, 0.05) is 32.4 Å². The van der Waals surface area contributed by atoms with Crippen molar-refractivity contribution in [3.63, 3.8) is 0 Å². The Morgan fingerprint density at radius 2 is 1.81 bits per heavy atom. The fourth-order valence-corrected chi connectivity index (χ4v) is 3.24. The normalized spacial score (nSPS) is 16.7. The van der Waals surface area contributed by atoms with Crippen LogP contribution in [0.3, 0.4) is 0 Å². The molecule has 2 heterocycles. The van der Waals surface area contributed by atoms with Gasteiger partial charge in [-0.25, -0.2) is 0 Å². The first-order chi connectivity index (χ1) is 12.9. The van der Waals surface area contributed by atoms with E-state index >= 15 is 0 Å². The molecule has 0 radical (unpaired) electrons. The molecule has 1 fully saturated rings. The maximum absolute atomic E-state index is 13.3. The Kier molecular flexibility index (Phi) is 6.06. The van der Waals surface area contributed by atoms with Crippen LogP contribution in [0.2, 0.25) is 0 Å². The minimum absolute atomic E-state index is 0.0251. The summed E-state index contributed by atoms with van der Waals surface area (Å²) in [6.45, 7) is 8.90. The molecule has 6 heteroatoms. The number of anilines is 1. The van der Waals surface area contributed by atoms with E-state index in [2.05, 4.69) is 15.1 Å². The van der Waals surface area contributed by atoms with Crippen molar-refractivity contribution in [3.8, 4) is 0 Å². The van der Waals surface area contributed by atoms with Crippen LogP contribution in [0, 0.1) is 0 Å². The van der Waals surface area contributed by atoms with Crippen molar-refractivity contribution < 1.29 is 9.53 Å². The molecule has 1 saturated heterocycles. The van der Waals surface area contributed by atoms with Crippen LogP contribution in [-0.4, -0.2) is 52.8 Å². The van der Waals surface area contributed by atoms with Crippen LogP contribution < -0.4 is 4.90 Å². The lowest BCUT2D eigenvalue weighted by molar-refractivity contribution is -0.154. The lowest BCUT2D eigenvalue weighted by Gasteiger charge is -2.31. The molecule has 0 bridgehead atoms. The molecule has 0 aliphatic carbocycles. The van der Waals surface area contributed by atoms with Gasteiger partial charge in [-0.05, 0) is 44.9 Å². The predicted octanol–water partition coefficient (Wildman–Crippen LogP) is 3.07. The number of aromatic nitrogens is 2. The van der Waals surface area contributed by atoms with E-state index in [1.165, 1.54) is 0 Å². The number of benzene rings is 1. The summed E-state index contributed by atoms with van der Waals surface area (Å²) >= 11 is 0. The summed E-state index contributed by atoms with van der Waals surface area (Å²) in [5, 5.41) is 8.15. The van der Waals surface area contributed by atoms with E-state index in [4.69, 9.17) is 4.74 Å². The maximum atomic E-state index is 13.3. The van der Waals surface area contributed by atoms with Gasteiger partial charge in [-0.1, -0.05) is 30.3 Å². The van der Waals surface area contributed by atoms with Crippen LogP contribution in [0.4, 0.5) is 5.82 Å². The molecule has 2 aromatic rings. The van der Waals surface area contributed by atoms with Gasteiger partial charge in [-0.3, -0.25) is 4.79 Å². The molecule has 3 rings (SSSR count). The largest absolute Gasteiger partial charge is 0.358 e. The maximum Gasteiger partial charge on any atom is 0.256 e. The number of ether oxygens (including phenoxy) is 1. The molecule has 1 aromatic carbocycles. The third-order valence-corrected chi connectivity index (χ3v) is 4.49. The smallest absolute Gasteiger partial charge is 0.256 e. The zero-order valence-corrected chi connectivity index (χ0v) is 16.3. The number of carbonyl (C=O) groups excluding carboxylic acids is 1. The molecule has 144 valence electrons. The summed E-state index contributed by atoms with van der Waals surface area (Å²) in [4.78, 5) is 17.4. The average molecular weight is 368 g/mol. The number of nitrogens with zero attached hydrogens (tertiary/aromatic N) is 4. The number of hydrogen-bond acceptors (Lipinski definition) is 5. The number of carbonyl (C=O) groups is 1. The molecule has 6 nitrogen and oxygen atoms in total. The Hall–Kier alpha value is -2.47. The van der Waals surface area contributed by atoms with E-state index in [1.54, 1.807) is 6.20 Å². The van der Waals surface area contributed by atoms with E-state index in [1.807, 2.05) is 68.1 Å². The van der Waals surface area contributed by atoms with E-state index < -0.39 is 11.7 Å². The molecule has 1 aromatic heterocycles. The van der Waals surface area contributed by atoms with Gasteiger partial charge in [0.2, 0.25) is 0 Å². The Balaban J connectivity index is 1.74. The van der Waals surface area contributed by atoms with Crippen LogP contribution in [0.1, 0.15) is 38.9 Å². The molecule has 0 N–H and O–H groups in total. The standard InChI is InChI=1S/C21H28N4O2/c1-21(2,3)27-19(17-9-5-4-6-10-17)20(26)25-14-8-13-24(15-16-25)18-11-7-12-22-23-18/h4-7,9-12,19H,8,13-16H2,1-3H3. The van der Waals surface area contributed by atoms with Gasteiger partial charge < -0.3 is 14.5 Å². The molecule has 1 aliphatic heterocycles. The van der Waals surface area contributed by atoms with Crippen molar-refractivity contribution in [2.45, 2.75) is 38.9 Å². The van der Waals surface area contributed by atoms with E-state index in [9.17, 15) is 4.79 Å². The third-order valence-electron chi connectivity index (χ3n) is 4.49. The summed E-state index contributed by atoms with van der Waals surface area (Å²) in [6, 6.07) is 13.6. The Labute approximate surface area is 161 Å². The van der Waals surface area contributed by atoms with E-state index in [0.717, 1.165) is 30.9 Å². The topological polar surface area (TPSA) is 58.6 Å². The summed E-state index contributed by atoms with van der Waals surface area (Å²) < 4.78 is 6.16. The van der Waals surface area contributed by atoms with Crippen molar-refractivity contribution >= 4 is 11.7 Å². The van der Waals surface area contributed by atoms with E-state index in [0.29, 0.717) is 13.1 Å². The summed E-state index contributed by atoms with van der Waals surface area (Å²) in [5.74, 6) is 0.884. The Bertz CT molecular complexity index is 731. The van der Waals surface area contributed by atoms with Gasteiger partial charge in [0.05, 0.1) is 5.60 Å². The van der Waals surface area contributed by atoms with Gasteiger partial charge >= 0.3 is 0 Å². The van der Waals surface area contributed by atoms with Crippen molar-refractivity contribution in [1.29, 1.82) is 0 Å². The highest BCUT2D eigenvalue weighted by molar-refractivity contribution is 5.82. The predicted molar refractivity (Wildman–Crippen MR) is 105 cm³/mol. The SMILES string of the molecule is CC(C)(C)OC(C(=O)N1CCCN(c2cccnn2)CC1)c1ccccc1. The molecule has 1 atom stereocenters. The van der Waals surface area contributed by atoms with Crippen molar-refractivity contribution in [2.75, 3.05) is 31.1 Å². The lowest BCUT2D eigenvalue weighted by Crippen LogP contribution is -2.41. The molecular formula is C21H28N4O2. The molecule has 1 unspecified atom stereocenters. The first-order valence-electron chi connectivity index (χ1n) is 9.48. The van der Waals surface area contributed by atoms with Crippen LogP contribution >= 0.6 is 0 Å². The first-order valence-corrected chi connectivity index (χ1v) is 9.48. The highest BCUT2D eigenvalue weighted by atomic mass is 16.5. The second-order valence-electron chi connectivity index (χ2n) is 7.77. The van der Waals surface area contributed by atoms with Gasteiger partial charge in [-0.2, -0.15) is 5.10 Å². The molecule has 0 saturated carbocycles. The molecule has 0 spiro atoms. The summed E-state index contributed by atoms with van der Waals surface area (Å²) in [7, 11) is 0. The highest BCUT2D eigenvalue weighted by Crippen LogP contribution is 2.27. The summed E-state index contributed by atoms with van der Waals surface area (Å²) in [6.07, 6.45) is 1.97. The second kappa shape index (κ2) is 8.48. The monoisotopic (exact) mass is 368 g/mol. The fourth-order valence-electron chi connectivity index (χ4n) is 3.24. The lowest BCUT2D eigenvalue weighted by atomic mass is 10.1. The Morgan fingerprint density at radius 3 is 2.48 bits per heavy atom. The van der Waals surface area contributed by atoms with Crippen LogP contribution in [0.5, 0.6) is 0 Å². The minimum Gasteiger partial charge on any atom is -0.358 e. The molecule has 27 heavy (non-hydrogen) atoms. The summed E-state index contributed by atoms with van der Waals surface area (Å²) in [5.41, 5.74) is 0.487. The van der Waals surface area contributed by atoms with Gasteiger partial charge in [-0.15, -0.1) is 5.10 Å². The minimum atomic E-state index is -0.589. The van der Waals surface area contributed by atoms with Crippen molar-refractivity contribution in [3.05, 3.63) is 54.2 Å². The van der Waals surface area contributed by atoms with Crippen LogP contribution in [0.15, 0.2) is 48.7 Å². The average Bonchev–Trinajstić information content (AvgIpc) is 2.92. The first kappa shape index (κ1) is 19.3. The number of hydrogen-bond donors (Lipinski definition) is 0. The third kappa shape index (κ3) is 5.26. The van der Waals surface area contributed by atoms with Crippen LogP contribution in [-0.2, 0) is 9.53 Å².